The average Bonchev–Trinajstić information content (AvgIpc) is 2.64. The van der Waals surface area contributed by atoms with Gasteiger partial charge in [0.2, 0.25) is 0 Å². The largest absolute Gasteiger partial charge is 0.523 e. The van der Waals surface area contributed by atoms with Crippen LogP contribution in [0.1, 0.15) is 12.5 Å². The molecule has 2 aromatic rings. The van der Waals surface area contributed by atoms with Crippen LogP contribution in [0.25, 0.3) is 10.8 Å². The maximum Gasteiger partial charge on any atom is 0.523 e. The van der Waals surface area contributed by atoms with E-state index in [-0.39, 0.29) is 12.6 Å². The third kappa shape index (κ3) is 4.06. The monoisotopic (exact) mass is 414 g/mol. The molecule has 0 aromatic heterocycles. The van der Waals surface area contributed by atoms with Crippen molar-refractivity contribution in [3.8, 4) is 6.07 Å². The van der Waals surface area contributed by atoms with Crippen LogP contribution in [0.3, 0.4) is 0 Å². The summed E-state index contributed by atoms with van der Waals surface area (Å²) in [6, 6.07) is 12.9. The summed E-state index contributed by atoms with van der Waals surface area (Å²) in [5.74, 6) is 0. The summed E-state index contributed by atoms with van der Waals surface area (Å²) in [4.78, 5) is 1.89. The molecule has 0 spiro atoms. The van der Waals surface area contributed by atoms with Crippen LogP contribution in [0.15, 0.2) is 36.4 Å². The van der Waals surface area contributed by atoms with Crippen LogP contribution in [-0.2, 0) is 19.0 Å². The fraction of sp³-hybridized carbons (Fsp3) is 0.389. The molecule has 0 radical (unpaired) electrons. The van der Waals surface area contributed by atoms with Gasteiger partial charge in [-0.05, 0) is 19.1 Å². The highest BCUT2D eigenvalue weighted by Gasteiger charge is 2.47. The van der Waals surface area contributed by atoms with Gasteiger partial charge in [0, 0.05) is 29.5 Å². The molecule has 1 saturated heterocycles. The van der Waals surface area contributed by atoms with Crippen molar-refractivity contribution in [2.45, 2.75) is 24.6 Å². The number of halogens is 3. The van der Waals surface area contributed by atoms with Gasteiger partial charge in [0.1, 0.15) is 6.10 Å². The van der Waals surface area contributed by atoms with Crippen LogP contribution in [0.4, 0.5) is 18.9 Å². The fourth-order valence-electron chi connectivity index (χ4n) is 3.22. The summed E-state index contributed by atoms with van der Waals surface area (Å²) in [5.41, 5.74) is -4.18. The zero-order chi connectivity index (χ0) is 20.5. The van der Waals surface area contributed by atoms with Gasteiger partial charge in [-0.3, -0.25) is 4.18 Å². The lowest BCUT2D eigenvalue weighted by molar-refractivity contribution is -0.0656. The molecule has 10 heteroatoms. The Kier molecular flexibility index (Phi) is 5.52. The minimum Gasteiger partial charge on any atom is -0.369 e. The number of fused-ring (bicyclic) bond motifs is 1. The van der Waals surface area contributed by atoms with E-state index >= 15 is 0 Å². The molecule has 0 saturated carbocycles. The molecule has 150 valence electrons. The maximum absolute atomic E-state index is 12.5. The maximum atomic E-state index is 12.5. The number of rotatable bonds is 4. The van der Waals surface area contributed by atoms with Gasteiger partial charge in [0.25, 0.3) is 0 Å². The normalized spacial score (nSPS) is 20.9. The van der Waals surface area contributed by atoms with Gasteiger partial charge in [-0.2, -0.15) is 26.9 Å². The fourth-order valence-corrected chi connectivity index (χ4v) is 3.69. The molecule has 0 unspecified atom stereocenters. The second kappa shape index (κ2) is 7.58. The second-order valence-electron chi connectivity index (χ2n) is 6.45. The van der Waals surface area contributed by atoms with Crippen molar-refractivity contribution in [2.24, 2.45) is 0 Å². The lowest BCUT2D eigenvalue weighted by atomic mass is 10.0. The summed E-state index contributed by atoms with van der Waals surface area (Å²) >= 11 is 0. The van der Waals surface area contributed by atoms with E-state index in [0.29, 0.717) is 12.1 Å². The quantitative estimate of drug-likeness (QED) is 0.565. The number of anilines is 1. The first-order chi connectivity index (χ1) is 13.1. The van der Waals surface area contributed by atoms with E-state index in [2.05, 4.69) is 10.3 Å². The number of hydrogen-bond acceptors (Lipinski definition) is 6. The zero-order valence-corrected chi connectivity index (χ0v) is 15.6. The van der Waals surface area contributed by atoms with E-state index in [4.69, 9.17) is 4.74 Å². The van der Waals surface area contributed by atoms with Crippen molar-refractivity contribution >= 4 is 26.6 Å². The Labute approximate surface area is 160 Å². The van der Waals surface area contributed by atoms with Gasteiger partial charge in [0.15, 0.2) is 0 Å². The number of alkyl halides is 3. The Balaban J connectivity index is 1.84. The number of nitrogens with zero attached hydrogens (tertiary/aromatic N) is 2. The van der Waals surface area contributed by atoms with Crippen LogP contribution >= 0.6 is 0 Å². The molecule has 1 aliphatic heterocycles. The zero-order valence-electron chi connectivity index (χ0n) is 14.8. The van der Waals surface area contributed by atoms with Gasteiger partial charge in [-0.25, -0.2) is 0 Å². The Bertz CT molecular complexity index is 1020. The molecule has 1 fully saturated rings. The molecule has 0 amide bonds. The van der Waals surface area contributed by atoms with Crippen LogP contribution in [0, 0.1) is 11.3 Å². The minimum atomic E-state index is -5.67. The smallest absolute Gasteiger partial charge is 0.369 e. The molecule has 0 bridgehead atoms. The molecule has 0 aliphatic carbocycles. The van der Waals surface area contributed by atoms with Gasteiger partial charge >= 0.3 is 15.6 Å². The molecule has 6 nitrogen and oxygen atoms in total. The standard InChI is InChI=1S/C18H17F3N2O4S/c1-12-9-23(10-14(27-12)11-26-28(24,25)18(19,20)21)17-7-6-13(8-22)15-4-2-3-5-16(15)17/h2-7,12,14H,9-11H2,1H3/t12-,14-/m1/s1. The molecule has 2 atom stereocenters. The predicted molar refractivity (Wildman–Crippen MR) is 96.1 cm³/mol. The van der Waals surface area contributed by atoms with E-state index < -0.39 is 28.3 Å². The lowest BCUT2D eigenvalue weighted by Crippen LogP contribution is -2.49. The highest BCUT2D eigenvalue weighted by atomic mass is 32.2. The highest BCUT2D eigenvalue weighted by Crippen LogP contribution is 2.32. The molecular weight excluding hydrogens is 397 g/mol. The van der Waals surface area contributed by atoms with E-state index in [0.717, 1.165) is 16.5 Å². The van der Waals surface area contributed by atoms with Crippen LogP contribution in [-0.4, -0.2) is 45.8 Å². The molecule has 2 aromatic carbocycles. The average molecular weight is 414 g/mol. The molecular formula is C18H17F3N2O4S. The lowest BCUT2D eigenvalue weighted by Gasteiger charge is -2.38. The molecule has 1 aliphatic rings. The van der Waals surface area contributed by atoms with E-state index in [1.165, 1.54) is 0 Å². The van der Waals surface area contributed by atoms with E-state index in [9.17, 15) is 26.9 Å². The Hall–Kier alpha value is -2.35. The molecule has 28 heavy (non-hydrogen) atoms. The molecule has 1 heterocycles. The number of nitriles is 1. The Morgan fingerprint density at radius 3 is 2.54 bits per heavy atom. The van der Waals surface area contributed by atoms with Crippen molar-refractivity contribution in [3.63, 3.8) is 0 Å². The number of hydrogen-bond donors (Lipinski definition) is 0. The molecule has 3 rings (SSSR count). The third-order valence-electron chi connectivity index (χ3n) is 4.38. The van der Waals surface area contributed by atoms with Crippen molar-refractivity contribution < 1.29 is 30.5 Å². The first-order valence-electron chi connectivity index (χ1n) is 8.40. The minimum absolute atomic E-state index is 0.146. The van der Waals surface area contributed by atoms with Crippen molar-refractivity contribution in [2.75, 3.05) is 24.6 Å². The SMILES string of the molecule is C[C@@H]1CN(c2ccc(C#N)c3ccccc23)C[C@H](COS(=O)(=O)C(F)(F)F)O1. The Morgan fingerprint density at radius 1 is 1.21 bits per heavy atom. The van der Waals surface area contributed by atoms with E-state index in [1.54, 1.807) is 19.1 Å². The number of benzene rings is 2. The third-order valence-corrected chi connectivity index (χ3v) is 5.39. The predicted octanol–water partition coefficient (Wildman–Crippen LogP) is 3.17. The summed E-state index contributed by atoms with van der Waals surface area (Å²) in [7, 11) is -5.67. The Morgan fingerprint density at radius 2 is 1.89 bits per heavy atom. The van der Waals surface area contributed by atoms with Gasteiger partial charge in [-0.1, -0.05) is 24.3 Å². The van der Waals surface area contributed by atoms with Crippen molar-refractivity contribution in [3.05, 3.63) is 42.0 Å². The van der Waals surface area contributed by atoms with E-state index in [1.807, 2.05) is 29.2 Å². The number of morpholine rings is 1. The van der Waals surface area contributed by atoms with Crippen LogP contribution in [0.5, 0.6) is 0 Å². The van der Waals surface area contributed by atoms with Gasteiger partial charge in [-0.15, -0.1) is 0 Å². The summed E-state index contributed by atoms with van der Waals surface area (Å²) < 4.78 is 69.3. The van der Waals surface area contributed by atoms with Crippen molar-refractivity contribution in [1.29, 1.82) is 5.26 Å². The first kappa shape index (κ1) is 20.4. The number of ether oxygens (including phenoxy) is 1. The van der Waals surface area contributed by atoms with Gasteiger partial charge in [0.05, 0.1) is 24.3 Å². The first-order valence-corrected chi connectivity index (χ1v) is 9.81. The van der Waals surface area contributed by atoms with Crippen molar-refractivity contribution in [1.82, 2.24) is 0 Å². The van der Waals surface area contributed by atoms with Crippen LogP contribution < -0.4 is 4.90 Å². The summed E-state index contributed by atoms with van der Waals surface area (Å²) in [5, 5.41) is 10.9. The highest BCUT2D eigenvalue weighted by molar-refractivity contribution is 7.87. The topological polar surface area (TPSA) is 79.6 Å². The second-order valence-corrected chi connectivity index (χ2v) is 8.05. The van der Waals surface area contributed by atoms with Gasteiger partial charge < -0.3 is 9.64 Å². The van der Waals surface area contributed by atoms with Crippen LogP contribution in [0.2, 0.25) is 0 Å². The molecule has 0 N–H and O–H groups in total. The summed E-state index contributed by atoms with van der Waals surface area (Å²) in [6.07, 6.45) is -1.22. The summed E-state index contributed by atoms with van der Waals surface area (Å²) in [6.45, 7) is 1.60.